The molecule has 0 bridgehead atoms. The van der Waals surface area contributed by atoms with Crippen LogP contribution in [0.15, 0.2) is 84.5 Å². The van der Waals surface area contributed by atoms with Gasteiger partial charge in [-0.2, -0.15) is 0 Å². The smallest absolute Gasteiger partial charge is 0.144 e. The van der Waals surface area contributed by atoms with Crippen molar-refractivity contribution in [2.75, 3.05) is 6.61 Å². The van der Waals surface area contributed by atoms with Crippen LogP contribution in [0.4, 0.5) is 0 Å². The van der Waals surface area contributed by atoms with E-state index in [4.69, 9.17) is 4.74 Å². The Morgan fingerprint density at radius 3 is 1.90 bits per heavy atom. The van der Waals surface area contributed by atoms with E-state index in [1.807, 2.05) is 18.2 Å². The fourth-order valence-corrected chi connectivity index (χ4v) is 2.98. The molecule has 100 valence electrons. The van der Waals surface area contributed by atoms with E-state index in [9.17, 15) is 0 Å². The minimum atomic E-state index is -0.519. The van der Waals surface area contributed by atoms with Gasteiger partial charge in [0.15, 0.2) is 0 Å². The largest absolute Gasteiger partial charge is 0.356 e. The molecule has 20 heavy (non-hydrogen) atoms. The van der Waals surface area contributed by atoms with Crippen molar-refractivity contribution in [3.8, 4) is 0 Å². The van der Waals surface area contributed by atoms with Crippen LogP contribution in [0.2, 0.25) is 0 Å². The molecule has 0 spiro atoms. The molecule has 3 rings (SSSR count). The highest BCUT2D eigenvalue weighted by molar-refractivity contribution is 5.52. The number of rotatable bonds is 3. The van der Waals surface area contributed by atoms with E-state index in [1.165, 1.54) is 5.57 Å². The average molecular weight is 262 g/mol. The second-order valence-corrected chi connectivity index (χ2v) is 5.10. The van der Waals surface area contributed by atoms with Gasteiger partial charge in [0.05, 0.1) is 6.61 Å². The van der Waals surface area contributed by atoms with Crippen molar-refractivity contribution in [3.63, 3.8) is 0 Å². The minimum Gasteiger partial charge on any atom is -0.356 e. The predicted octanol–water partition coefficient (Wildman–Crippen LogP) is 4.46. The average Bonchev–Trinajstić information content (AvgIpc) is 2.86. The molecule has 0 aromatic heterocycles. The summed E-state index contributed by atoms with van der Waals surface area (Å²) >= 11 is 0. The van der Waals surface area contributed by atoms with Crippen molar-refractivity contribution in [3.05, 3.63) is 95.6 Å². The number of hydrogen-bond donors (Lipinski definition) is 0. The molecular formula is C19H18O. The summed E-state index contributed by atoms with van der Waals surface area (Å²) in [6.45, 7) is 6.76. The van der Waals surface area contributed by atoms with Gasteiger partial charge in [-0.3, -0.25) is 0 Å². The van der Waals surface area contributed by atoms with Gasteiger partial charge in [-0.05, 0) is 29.2 Å². The zero-order valence-corrected chi connectivity index (χ0v) is 11.7. The zero-order valence-electron chi connectivity index (χ0n) is 11.7. The molecule has 1 heteroatoms. The minimum absolute atomic E-state index is 0.519. The Morgan fingerprint density at radius 1 is 0.950 bits per heavy atom. The van der Waals surface area contributed by atoms with E-state index < -0.39 is 5.60 Å². The molecule has 2 aromatic rings. The maximum Gasteiger partial charge on any atom is 0.144 e. The van der Waals surface area contributed by atoms with Crippen LogP contribution < -0.4 is 0 Å². The summed E-state index contributed by atoms with van der Waals surface area (Å²) in [5.74, 6) is 0. The Bertz CT molecular complexity index is 598. The van der Waals surface area contributed by atoms with E-state index in [-0.39, 0.29) is 0 Å². The quantitative estimate of drug-likeness (QED) is 0.793. The fraction of sp³-hybridized carbons (Fsp3) is 0.158. The lowest BCUT2D eigenvalue weighted by atomic mass is 9.79. The van der Waals surface area contributed by atoms with Crippen molar-refractivity contribution in [1.29, 1.82) is 0 Å². The number of benzene rings is 2. The van der Waals surface area contributed by atoms with Gasteiger partial charge in [0.25, 0.3) is 0 Å². The monoisotopic (exact) mass is 262 g/mol. The van der Waals surface area contributed by atoms with Crippen LogP contribution in [0.1, 0.15) is 18.1 Å². The summed E-state index contributed by atoms with van der Waals surface area (Å²) in [4.78, 5) is 0. The van der Waals surface area contributed by atoms with Crippen LogP contribution in [0.25, 0.3) is 0 Å². The van der Waals surface area contributed by atoms with Gasteiger partial charge in [-0.15, -0.1) is 0 Å². The maximum absolute atomic E-state index is 6.28. The first-order chi connectivity index (χ1) is 9.79. The first-order valence-electron chi connectivity index (χ1n) is 6.86. The van der Waals surface area contributed by atoms with Crippen LogP contribution in [0.5, 0.6) is 0 Å². The van der Waals surface area contributed by atoms with Crippen molar-refractivity contribution in [2.45, 2.75) is 12.5 Å². The predicted molar refractivity (Wildman–Crippen MR) is 82.5 cm³/mol. The lowest BCUT2D eigenvalue weighted by Crippen LogP contribution is -2.29. The summed E-state index contributed by atoms with van der Waals surface area (Å²) in [7, 11) is 0. The molecule has 0 amide bonds. The molecule has 0 unspecified atom stereocenters. The van der Waals surface area contributed by atoms with Crippen LogP contribution in [-0.2, 0) is 10.3 Å². The molecule has 0 N–H and O–H groups in total. The highest BCUT2D eigenvalue weighted by atomic mass is 16.5. The van der Waals surface area contributed by atoms with Crippen LogP contribution in [0, 0.1) is 0 Å². The molecule has 0 aliphatic carbocycles. The Balaban J connectivity index is 2.28. The van der Waals surface area contributed by atoms with Gasteiger partial charge in [-0.25, -0.2) is 0 Å². The number of ether oxygens (including phenoxy) is 1. The summed E-state index contributed by atoms with van der Waals surface area (Å²) in [5.41, 5.74) is 4.19. The van der Waals surface area contributed by atoms with Crippen LogP contribution in [-0.4, -0.2) is 6.61 Å². The Morgan fingerprint density at radius 2 is 1.45 bits per heavy atom. The Labute approximate surface area is 120 Å². The molecule has 1 aliphatic heterocycles. The molecule has 0 radical (unpaired) electrons. The van der Waals surface area contributed by atoms with Crippen molar-refractivity contribution in [2.24, 2.45) is 0 Å². The van der Waals surface area contributed by atoms with Crippen molar-refractivity contribution < 1.29 is 4.74 Å². The lowest BCUT2D eigenvalue weighted by Gasteiger charge is -2.32. The van der Waals surface area contributed by atoms with Crippen molar-refractivity contribution in [1.82, 2.24) is 0 Å². The molecule has 0 saturated heterocycles. The SMILES string of the molecule is C=CC1=C(C)COC1(c1ccccc1)c1ccccc1. The van der Waals surface area contributed by atoms with Crippen LogP contribution in [0.3, 0.4) is 0 Å². The van der Waals surface area contributed by atoms with E-state index in [0.29, 0.717) is 6.61 Å². The van der Waals surface area contributed by atoms with E-state index >= 15 is 0 Å². The fourth-order valence-electron chi connectivity index (χ4n) is 2.98. The second kappa shape index (κ2) is 5.10. The first kappa shape index (κ1) is 12.9. The van der Waals surface area contributed by atoms with Gasteiger partial charge in [-0.1, -0.05) is 73.3 Å². The molecule has 2 aromatic carbocycles. The summed E-state index contributed by atoms with van der Waals surface area (Å²) < 4.78 is 6.28. The second-order valence-electron chi connectivity index (χ2n) is 5.10. The van der Waals surface area contributed by atoms with Gasteiger partial charge >= 0.3 is 0 Å². The summed E-state index contributed by atoms with van der Waals surface area (Å²) in [6.07, 6.45) is 1.93. The van der Waals surface area contributed by atoms with Gasteiger partial charge in [0, 0.05) is 0 Å². The molecule has 0 saturated carbocycles. The van der Waals surface area contributed by atoms with Gasteiger partial charge in [0.2, 0.25) is 0 Å². The van der Waals surface area contributed by atoms with Crippen molar-refractivity contribution >= 4 is 0 Å². The highest BCUT2D eigenvalue weighted by Gasteiger charge is 2.42. The molecule has 0 atom stereocenters. The zero-order chi connectivity index (χ0) is 14.0. The standard InChI is InChI=1S/C19H18O/c1-3-18-15(2)14-20-19(18,16-10-6-4-7-11-16)17-12-8-5-9-13-17/h3-13H,1,14H2,2H3. The molecule has 1 nitrogen and oxygen atoms in total. The van der Waals surface area contributed by atoms with E-state index in [2.05, 4.69) is 62.0 Å². The van der Waals surface area contributed by atoms with Gasteiger partial charge < -0.3 is 4.74 Å². The Kier molecular flexibility index (Phi) is 3.29. The molecule has 0 fully saturated rings. The van der Waals surface area contributed by atoms with Gasteiger partial charge in [0.1, 0.15) is 5.60 Å². The normalized spacial score (nSPS) is 17.2. The third-order valence-corrected chi connectivity index (χ3v) is 3.91. The first-order valence-corrected chi connectivity index (χ1v) is 6.86. The highest BCUT2D eigenvalue weighted by Crippen LogP contribution is 2.46. The van der Waals surface area contributed by atoms with E-state index in [1.54, 1.807) is 0 Å². The lowest BCUT2D eigenvalue weighted by molar-refractivity contribution is 0.0502. The number of hydrogen-bond acceptors (Lipinski definition) is 1. The Hall–Kier alpha value is -2.12. The third kappa shape index (κ3) is 1.83. The molecule has 1 aliphatic rings. The topological polar surface area (TPSA) is 9.23 Å². The van der Waals surface area contributed by atoms with E-state index in [0.717, 1.165) is 16.7 Å². The summed E-state index contributed by atoms with van der Waals surface area (Å²) in [6, 6.07) is 20.8. The molecular weight excluding hydrogens is 244 g/mol. The maximum atomic E-state index is 6.28. The summed E-state index contributed by atoms with van der Waals surface area (Å²) in [5, 5.41) is 0. The third-order valence-electron chi connectivity index (χ3n) is 3.91. The van der Waals surface area contributed by atoms with Crippen LogP contribution >= 0.6 is 0 Å². The molecule has 1 heterocycles.